The summed E-state index contributed by atoms with van der Waals surface area (Å²) in [7, 11) is 0. The van der Waals surface area contributed by atoms with Crippen LogP contribution in [0.5, 0.6) is 0 Å². The molecule has 0 aromatic rings. The molecule has 4 atom stereocenters. The Labute approximate surface area is 165 Å². The normalized spacial score (nSPS) is 24.1. The van der Waals surface area contributed by atoms with Crippen LogP contribution >= 0.6 is 0 Å². The number of hydrogen-bond donors (Lipinski definition) is 4. The van der Waals surface area contributed by atoms with Crippen molar-refractivity contribution in [3.63, 3.8) is 0 Å². The standard InChI is InChI=1S/C19H32N4O5/c1-11(2)10-14(18(26)23-9-5-7-15(23)19(27)28)22-16(24)12(3)21-17(25)13-6-4-8-20-13/h11-15,20H,4-10H2,1-3H3,(H,21,25)(H,22,24)(H,27,28). The lowest BCUT2D eigenvalue weighted by Crippen LogP contribution is -2.56. The Balaban J connectivity index is 1.99. The quantitative estimate of drug-likeness (QED) is 0.452. The average molecular weight is 396 g/mol. The number of rotatable bonds is 8. The molecule has 9 heteroatoms. The molecule has 2 aliphatic heterocycles. The Bertz CT molecular complexity index is 603. The monoisotopic (exact) mass is 396 g/mol. The highest BCUT2D eigenvalue weighted by Gasteiger charge is 2.38. The summed E-state index contributed by atoms with van der Waals surface area (Å²) in [6.07, 6.45) is 3.11. The summed E-state index contributed by atoms with van der Waals surface area (Å²) in [6, 6.07) is -2.73. The van der Waals surface area contributed by atoms with Crippen LogP contribution in [0.3, 0.4) is 0 Å². The van der Waals surface area contributed by atoms with Gasteiger partial charge in [0, 0.05) is 6.54 Å². The van der Waals surface area contributed by atoms with Crippen LogP contribution in [0.25, 0.3) is 0 Å². The maximum Gasteiger partial charge on any atom is 0.326 e. The first kappa shape index (κ1) is 22.1. The Kier molecular flexibility index (Phi) is 7.79. The second kappa shape index (κ2) is 9.86. The zero-order valence-corrected chi connectivity index (χ0v) is 16.9. The predicted molar refractivity (Wildman–Crippen MR) is 102 cm³/mol. The fraction of sp³-hybridized carbons (Fsp3) is 0.789. The highest BCUT2D eigenvalue weighted by Crippen LogP contribution is 2.20. The van der Waals surface area contributed by atoms with Crippen molar-refractivity contribution >= 4 is 23.7 Å². The second-order valence-electron chi connectivity index (χ2n) is 8.10. The molecule has 0 bridgehead atoms. The van der Waals surface area contributed by atoms with Gasteiger partial charge in [0.05, 0.1) is 6.04 Å². The van der Waals surface area contributed by atoms with Crippen molar-refractivity contribution in [1.29, 1.82) is 0 Å². The van der Waals surface area contributed by atoms with Gasteiger partial charge in [0.2, 0.25) is 17.7 Å². The number of carboxylic acids is 1. The van der Waals surface area contributed by atoms with Crippen molar-refractivity contribution in [2.45, 2.75) is 77.0 Å². The molecule has 4 unspecified atom stereocenters. The summed E-state index contributed by atoms with van der Waals surface area (Å²) in [5.41, 5.74) is 0. The minimum absolute atomic E-state index is 0.132. The number of likely N-dealkylation sites (tertiary alicyclic amines) is 1. The van der Waals surface area contributed by atoms with Crippen LogP contribution in [-0.4, -0.2) is 71.0 Å². The molecule has 0 spiro atoms. The predicted octanol–water partition coefficient (Wildman–Crippen LogP) is -0.150. The Morgan fingerprint density at radius 3 is 2.39 bits per heavy atom. The summed E-state index contributed by atoms with van der Waals surface area (Å²) in [6.45, 7) is 6.60. The molecule has 2 rings (SSSR count). The molecule has 0 aromatic carbocycles. The molecule has 0 saturated carbocycles. The Morgan fingerprint density at radius 1 is 1.11 bits per heavy atom. The Hall–Kier alpha value is -2.16. The van der Waals surface area contributed by atoms with Crippen LogP contribution in [0.2, 0.25) is 0 Å². The van der Waals surface area contributed by atoms with E-state index < -0.39 is 30.0 Å². The number of carbonyl (C=O) groups excluding carboxylic acids is 3. The second-order valence-corrected chi connectivity index (χ2v) is 8.10. The summed E-state index contributed by atoms with van der Waals surface area (Å²) in [5, 5.41) is 17.8. The molecular weight excluding hydrogens is 364 g/mol. The minimum atomic E-state index is -1.02. The van der Waals surface area contributed by atoms with Gasteiger partial charge in [-0.3, -0.25) is 14.4 Å². The maximum absolute atomic E-state index is 12.9. The molecule has 0 aliphatic carbocycles. The van der Waals surface area contributed by atoms with E-state index in [1.165, 1.54) is 4.90 Å². The molecule has 2 heterocycles. The molecule has 2 fully saturated rings. The smallest absolute Gasteiger partial charge is 0.326 e. The van der Waals surface area contributed by atoms with Gasteiger partial charge in [0.15, 0.2) is 0 Å². The third-order valence-corrected chi connectivity index (χ3v) is 5.27. The highest BCUT2D eigenvalue weighted by atomic mass is 16.4. The minimum Gasteiger partial charge on any atom is -0.480 e. The highest BCUT2D eigenvalue weighted by molar-refractivity contribution is 5.94. The molecule has 2 saturated heterocycles. The lowest BCUT2D eigenvalue weighted by atomic mass is 10.0. The van der Waals surface area contributed by atoms with Crippen LogP contribution in [0, 0.1) is 5.92 Å². The third-order valence-electron chi connectivity index (χ3n) is 5.27. The fourth-order valence-corrected chi connectivity index (χ4v) is 3.76. The molecule has 9 nitrogen and oxygen atoms in total. The molecule has 0 aromatic heterocycles. The number of carbonyl (C=O) groups is 4. The van der Waals surface area contributed by atoms with E-state index >= 15 is 0 Å². The number of hydrogen-bond acceptors (Lipinski definition) is 5. The first-order valence-corrected chi connectivity index (χ1v) is 10.1. The van der Waals surface area contributed by atoms with Gasteiger partial charge in [-0.25, -0.2) is 4.79 Å². The van der Waals surface area contributed by atoms with Gasteiger partial charge in [-0.15, -0.1) is 0 Å². The van der Waals surface area contributed by atoms with Gasteiger partial charge < -0.3 is 26.0 Å². The van der Waals surface area contributed by atoms with E-state index in [1.54, 1.807) is 6.92 Å². The molecule has 28 heavy (non-hydrogen) atoms. The average Bonchev–Trinajstić information content (AvgIpc) is 3.31. The van der Waals surface area contributed by atoms with Crippen LogP contribution < -0.4 is 16.0 Å². The molecule has 0 radical (unpaired) electrons. The molecule has 3 amide bonds. The zero-order valence-electron chi connectivity index (χ0n) is 16.9. The van der Waals surface area contributed by atoms with Gasteiger partial charge in [0.25, 0.3) is 0 Å². The first-order valence-electron chi connectivity index (χ1n) is 10.1. The van der Waals surface area contributed by atoms with Crippen LogP contribution in [0.1, 0.15) is 52.9 Å². The SMILES string of the molecule is CC(C)CC(NC(=O)C(C)NC(=O)C1CCCN1)C(=O)N1CCCC1C(=O)O. The number of nitrogens with zero attached hydrogens (tertiary/aromatic N) is 1. The maximum atomic E-state index is 12.9. The van der Waals surface area contributed by atoms with Crippen LogP contribution in [-0.2, 0) is 19.2 Å². The third kappa shape index (κ3) is 5.67. The number of carboxylic acid groups (broad SMARTS) is 1. The largest absolute Gasteiger partial charge is 0.480 e. The molecule has 4 N–H and O–H groups in total. The molecular formula is C19H32N4O5. The van der Waals surface area contributed by atoms with Crippen molar-refractivity contribution < 1.29 is 24.3 Å². The van der Waals surface area contributed by atoms with Crippen molar-refractivity contribution in [2.24, 2.45) is 5.92 Å². The lowest BCUT2D eigenvalue weighted by Gasteiger charge is -2.29. The van der Waals surface area contributed by atoms with Gasteiger partial charge in [-0.2, -0.15) is 0 Å². The van der Waals surface area contributed by atoms with E-state index in [0.29, 0.717) is 25.8 Å². The van der Waals surface area contributed by atoms with Crippen molar-refractivity contribution in [3.05, 3.63) is 0 Å². The van der Waals surface area contributed by atoms with Crippen molar-refractivity contribution in [3.8, 4) is 0 Å². The summed E-state index contributed by atoms with van der Waals surface area (Å²) >= 11 is 0. The first-order chi connectivity index (χ1) is 13.2. The van der Waals surface area contributed by atoms with E-state index in [0.717, 1.165) is 19.4 Å². The van der Waals surface area contributed by atoms with Gasteiger partial charge in [-0.05, 0) is 51.5 Å². The van der Waals surface area contributed by atoms with Crippen molar-refractivity contribution in [1.82, 2.24) is 20.9 Å². The van der Waals surface area contributed by atoms with E-state index in [2.05, 4.69) is 16.0 Å². The van der Waals surface area contributed by atoms with E-state index in [-0.39, 0.29) is 23.8 Å². The summed E-state index contributed by atoms with van der Waals surface area (Å²) in [5.74, 6) is -1.94. The van der Waals surface area contributed by atoms with Gasteiger partial charge in [-0.1, -0.05) is 13.8 Å². The van der Waals surface area contributed by atoms with Gasteiger partial charge in [0.1, 0.15) is 18.1 Å². The summed E-state index contributed by atoms with van der Waals surface area (Å²) in [4.78, 5) is 50.5. The van der Waals surface area contributed by atoms with E-state index in [9.17, 15) is 24.3 Å². The number of nitrogens with one attached hydrogen (secondary N) is 3. The zero-order chi connectivity index (χ0) is 20.8. The number of amides is 3. The van der Waals surface area contributed by atoms with E-state index in [1.807, 2.05) is 13.8 Å². The van der Waals surface area contributed by atoms with Crippen molar-refractivity contribution in [2.75, 3.05) is 13.1 Å². The van der Waals surface area contributed by atoms with Crippen LogP contribution in [0.4, 0.5) is 0 Å². The summed E-state index contributed by atoms with van der Waals surface area (Å²) < 4.78 is 0. The number of aliphatic carboxylic acids is 1. The molecule has 158 valence electrons. The molecule has 2 aliphatic rings. The fourth-order valence-electron chi connectivity index (χ4n) is 3.76. The topological polar surface area (TPSA) is 128 Å². The van der Waals surface area contributed by atoms with Crippen LogP contribution in [0.15, 0.2) is 0 Å². The Morgan fingerprint density at radius 2 is 1.82 bits per heavy atom. The van der Waals surface area contributed by atoms with Gasteiger partial charge >= 0.3 is 5.97 Å². The van der Waals surface area contributed by atoms with E-state index in [4.69, 9.17) is 0 Å². The lowest BCUT2D eigenvalue weighted by molar-refractivity contribution is -0.149.